The van der Waals surface area contributed by atoms with E-state index < -0.39 is 18.0 Å². The maximum atomic E-state index is 12.4. The van der Waals surface area contributed by atoms with Crippen molar-refractivity contribution in [2.24, 2.45) is 0 Å². The summed E-state index contributed by atoms with van der Waals surface area (Å²) >= 11 is 5.97. The Labute approximate surface area is 171 Å². The molecule has 0 saturated heterocycles. The lowest BCUT2D eigenvalue weighted by atomic mass is 10.2. The molecule has 0 bridgehead atoms. The fraction of sp³-hybridized carbons (Fsp3) is 0.150. The molecule has 0 spiro atoms. The Bertz CT molecular complexity index is 1100. The van der Waals surface area contributed by atoms with Gasteiger partial charge in [0, 0.05) is 10.7 Å². The van der Waals surface area contributed by atoms with Gasteiger partial charge in [0.2, 0.25) is 0 Å². The van der Waals surface area contributed by atoms with Gasteiger partial charge < -0.3 is 10.1 Å². The first-order valence-corrected chi connectivity index (χ1v) is 8.97. The van der Waals surface area contributed by atoms with E-state index in [1.165, 1.54) is 11.7 Å². The lowest BCUT2D eigenvalue weighted by Crippen LogP contribution is -2.30. The first-order valence-electron chi connectivity index (χ1n) is 8.59. The number of nitriles is 1. The van der Waals surface area contributed by atoms with Gasteiger partial charge in [-0.25, -0.2) is 4.79 Å². The van der Waals surface area contributed by atoms with Crippen molar-refractivity contribution < 1.29 is 14.3 Å². The molecule has 3 rings (SSSR count). The molecule has 1 aromatic heterocycles. The lowest BCUT2D eigenvalue weighted by Gasteiger charge is -2.12. The Morgan fingerprint density at radius 1 is 1.21 bits per heavy atom. The van der Waals surface area contributed by atoms with E-state index in [0.29, 0.717) is 27.7 Å². The van der Waals surface area contributed by atoms with Gasteiger partial charge in [-0.1, -0.05) is 17.7 Å². The lowest BCUT2D eigenvalue weighted by molar-refractivity contribution is -0.123. The van der Waals surface area contributed by atoms with Crippen LogP contribution in [0.3, 0.4) is 0 Å². The van der Waals surface area contributed by atoms with Crippen LogP contribution in [-0.2, 0) is 9.53 Å². The molecule has 8 nitrogen and oxygen atoms in total. The molecule has 1 N–H and O–H groups in total. The van der Waals surface area contributed by atoms with E-state index in [4.69, 9.17) is 21.6 Å². The number of anilines is 1. The number of rotatable bonds is 5. The van der Waals surface area contributed by atoms with Crippen LogP contribution in [0.2, 0.25) is 5.02 Å². The second kappa shape index (κ2) is 8.54. The van der Waals surface area contributed by atoms with Gasteiger partial charge in [0.05, 0.1) is 23.0 Å². The number of aromatic nitrogens is 3. The topological polar surface area (TPSA) is 110 Å². The summed E-state index contributed by atoms with van der Waals surface area (Å²) in [4.78, 5) is 26.0. The number of hydrogen-bond donors (Lipinski definition) is 1. The van der Waals surface area contributed by atoms with Crippen molar-refractivity contribution in [3.05, 3.63) is 70.5 Å². The van der Waals surface area contributed by atoms with Crippen LogP contribution in [0.15, 0.2) is 48.5 Å². The number of esters is 1. The summed E-state index contributed by atoms with van der Waals surface area (Å²) < 4.78 is 5.22. The van der Waals surface area contributed by atoms with E-state index in [1.807, 2.05) is 6.07 Å². The fourth-order valence-corrected chi connectivity index (χ4v) is 2.61. The van der Waals surface area contributed by atoms with Gasteiger partial charge in [-0.05, 0) is 56.3 Å². The Morgan fingerprint density at radius 3 is 2.59 bits per heavy atom. The molecule has 0 aliphatic carbocycles. The third kappa shape index (κ3) is 4.78. The van der Waals surface area contributed by atoms with Crippen molar-refractivity contribution >= 4 is 29.2 Å². The fourth-order valence-electron chi connectivity index (χ4n) is 2.43. The normalized spacial score (nSPS) is 11.4. The Hall–Kier alpha value is -3.70. The molecular formula is C20H16ClN5O3. The highest BCUT2D eigenvalue weighted by Crippen LogP contribution is 2.15. The van der Waals surface area contributed by atoms with Gasteiger partial charge >= 0.3 is 5.97 Å². The van der Waals surface area contributed by atoms with Crippen LogP contribution >= 0.6 is 11.6 Å². The number of carbonyl (C=O) groups is 2. The third-order valence-corrected chi connectivity index (χ3v) is 4.18. The van der Waals surface area contributed by atoms with E-state index in [0.717, 1.165) is 0 Å². The number of benzene rings is 2. The zero-order valence-electron chi connectivity index (χ0n) is 15.6. The largest absolute Gasteiger partial charge is 0.448 e. The molecule has 0 fully saturated rings. The van der Waals surface area contributed by atoms with E-state index in [1.54, 1.807) is 55.5 Å². The maximum Gasteiger partial charge on any atom is 0.361 e. The molecular weight excluding hydrogens is 394 g/mol. The van der Waals surface area contributed by atoms with Crippen LogP contribution in [0.4, 0.5) is 5.69 Å². The van der Waals surface area contributed by atoms with Gasteiger partial charge in [-0.15, -0.1) is 5.10 Å². The highest BCUT2D eigenvalue weighted by atomic mass is 35.5. The summed E-state index contributed by atoms with van der Waals surface area (Å²) in [5, 5.41) is 20.3. The number of ether oxygens (including phenoxy) is 1. The van der Waals surface area contributed by atoms with Crippen LogP contribution in [-0.4, -0.2) is 33.0 Å². The minimum Gasteiger partial charge on any atom is -0.448 e. The summed E-state index contributed by atoms with van der Waals surface area (Å²) in [6.07, 6.45) is -1.06. The number of amides is 1. The summed E-state index contributed by atoms with van der Waals surface area (Å²) in [6, 6.07) is 15.2. The van der Waals surface area contributed by atoms with Gasteiger partial charge in [-0.2, -0.15) is 15.2 Å². The van der Waals surface area contributed by atoms with Crippen molar-refractivity contribution in [2.45, 2.75) is 20.0 Å². The molecule has 2 aromatic carbocycles. The van der Waals surface area contributed by atoms with Crippen molar-refractivity contribution in [1.82, 2.24) is 15.0 Å². The van der Waals surface area contributed by atoms with Gasteiger partial charge in [0.15, 0.2) is 11.8 Å². The molecule has 0 aliphatic rings. The van der Waals surface area contributed by atoms with Crippen LogP contribution < -0.4 is 5.32 Å². The van der Waals surface area contributed by atoms with E-state index in [-0.39, 0.29) is 5.69 Å². The predicted molar refractivity (Wildman–Crippen MR) is 106 cm³/mol. The number of nitrogens with zero attached hydrogens (tertiary/aromatic N) is 4. The minimum atomic E-state index is -1.06. The molecule has 1 heterocycles. The standard InChI is InChI=1S/C20H16ClN5O3/c1-12-18(25-26(24-12)17-5-3-4-15(21)10-17)20(28)29-13(2)19(27)23-16-8-6-14(11-22)7-9-16/h3-10,13H,1-2H3,(H,23,27)/t13-/m1/s1. The molecule has 1 amide bonds. The molecule has 146 valence electrons. The minimum absolute atomic E-state index is 0.00278. The Morgan fingerprint density at radius 2 is 1.93 bits per heavy atom. The van der Waals surface area contributed by atoms with Crippen LogP contribution in [0.5, 0.6) is 0 Å². The van der Waals surface area contributed by atoms with E-state index in [9.17, 15) is 9.59 Å². The number of hydrogen-bond acceptors (Lipinski definition) is 6. The zero-order valence-corrected chi connectivity index (χ0v) is 16.3. The molecule has 0 unspecified atom stereocenters. The van der Waals surface area contributed by atoms with E-state index >= 15 is 0 Å². The van der Waals surface area contributed by atoms with Crippen molar-refractivity contribution in [2.75, 3.05) is 5.32 Å². The average Bonchev–Trinajstić information content (AvgIpc) is 3.10. The number of halogens is 1. The van der Waals surface area contributed by atoms with Gasteiger partial charge in [0.25, 0.3) is 5.91 Å². The second-order valence-corrected chi connectivity index (χ2v) is 6.57. The number of carbonyl (C=O) groups excluding carboxylic acids is 2. The smallest absolute Gasteiger partial charge is 0.361 e. The Balaban J connectivity index is 1.67. The monoisotopic (exact) mass is 409 g/mol. The summed E-state index contributed by atoms with van der Waals surface area (Å²) in [6.45, 7) is 3.07. The molecule has 29 heavy (non-hydrogen) atoms. The van der Waals surface area contributed by atoms with Gasteiger partial charge in [-0.3, -0.25) is 4.79 Å². The van der Waals surface area contributed by atoms with Crippen molar-refractivity contribution in [1.29, 1.82) is 5.26 Å². The molecule has 3 aromatic rings. The Kier molecular flexibility index (Phi) is 5.90. The first-order chi connectivity index (χ1) is 13.9. The van der Waals surface area contributed by atoms with Gasteiger partial charge in [0.1, 0.15) is 0 Å². The zero-order chi connectivity index (χ0) is 21.0. The van der Waals surface area contributed by atoms with Crippen LogP contribution in [0.1, 0.15) is 28.7 Å². The van der Waals surface area contributed by atoms with E-state index in [2.05, 4.69) is 15.5 Å². The molecule has 1 atom stereocenters. The SMILES string of the molecule is Cc1nn(-c2cccc(Cl)c2)nc1C(=O)O[C@H](C)C(=O)Nc1ccc(C#N)cc1. The predicted octanol–water partition coefficient (Wildman–Crippen LogP) is 3.28. The summed E-state index contributed by atoms with van der Waals surface area (Å²) in [7, 11) is 0. The van der Waals surface area contributed by atoms with Crippen LogP contribution in [0.25, 0.3) is 5.69 Å². The molecule has 0 aliphatic heterocycles. The average molecular weight is 410 g/mol. The second-order valence-electron chi connectivity index (χ2n) is 6.13. The molecule has 0 saturated carbocycles. The van der Waals surface area contributed by atoms with Crippen molar-refractivity contribution in [3.8, 4) is 11.8 Å². The van der Waals surface area contributed by atoms with Crippen molar-refractivity contribution in [3.63, 3.8) is 0 Å². The quantitative estimate of drug-likeness (QED) is 0.647. The number of nitrogens with one attached hydrogen (secondary N) is 1. The highest BCUT2D eigenvalue weighted by molar-refractivity contribution is 6.30. The highest BCUT2D eigenvalue weighted by Gasteiger charge is 2.23. The maximum absolute atomic E-state index is 12.4. The summed E-state index contributed by atoms with van der Waals surface area (Å²) in [5.41, 5.74) is 1.91. The first kappa shape index (κ1) is 20.0. The third-order valence-electron chi connectivity index (χ3n) is 3.95. The number of aryl methyl sites for hydroxylation is 1. The summed E-state index contributed by atoms with van der Waals surface area (Å²) in [5.74, 6) is -1.28. The molecule has 0 radical (unpaired) electrons. The van der Waals surface area contributed by atoms with Crippen LogP contribution in [0, 0.1) is 18.3 Å². The molecule has 9 heteroatoms.